The van der Waals surface area contributed by atoms with Gasteiger partial charge in [-0.1, -0.05) is 25.1 Å². The maximum atomic E-state index is 12.3. The zero-order chi connectivity index (χ0) is 18.7. The zero-order valence-corrected chi connectivity index (χ0v) is 16.3. The van der Waals surface area contributed by atoms with Crippen LogP contribution in [0.4, 0.5) is 5.69 Å². The zero-order valence-electron chi connectivity index (χ0n) is 14.7. The van der Waals surface area contributed by atoms with Gasteiger partial charge in [-0.3, -0.25) is 9.52 Å². The summed E-state index contributed by atoms with van der Waals surface area (Å²) in [4.78, 5) is 13.4. The van der Waals surface area contributed by atoms with Gasteiger partial charge in [-0.25, -0.2) is 13.4 Å². The van der Waals surface area contributed by atoms with Gasteiger partial charge in [0.15, 0.2) is 0 Å². The van der Waals surface area contributed by atoms with Crippen LogP contribution in [0, 0.1) is 0 Å². The number of benzene rings is 1. The molecule has 26 heavy (non-hydrogen) atoms. The average molecular weight is 392 g/mol. The molecule has 8 heteroatoms. The molecule has 1 aromatic carbocycles. The number of hydrazone groups is 1. The summed E-state index contributed by atoms with van der Waals surface area (Å²) in [6, 6.07) is 11.0. The summed E-state index contributed by atoms with van der Waals surface area (Å²) in [6.45, 7) is 3.41. The monoisotopic (exact) mass is 391 g/mol. The molecular formula is C18H21N3O3S2. The molecule has 0 saturated carbocycles. The number of rotatable bonds is 6. The second-order valence-corrected chi connectivity index (χ2v) is 8.95. The summed E-state index contributed by atoms with van der Waals surface area (Å²) < 4.78 is 26.1. The Morgan fingerprint density at radius 2 is 2.12 bits per heavy atom. The molecule has 1 aliphatic rings. The number of hydrogen-bond donors (Lipinski definition) is 1. The van der Waals surface area contributed by atoms with Crippen LogP contribution in [-0.4, -0.2) is 30.8 Å². The molecule has 0 aliphatic carbocycles. The molecule has 1 atom stereocenters. The third-order valence-electron chi connectivity index (χ3n) is 4.19. The van der Waals surface area contributed by atoms with Crippen molar-refractivity contribution in [3.63, 3.8) is 0 Å². The van der Waals surface area contributed by atoms with Crippen molar-refractivity contribution in [2.24, 2.45) is 5.10 Å². The van der Waals surface area contributed by atoms with Gasteiger partial charge < -0.3 is 0 Å². The fourth-order valence-electron chi connectivity index (χ4n) is 2.79. The first kappa shape index (κ1) is 18.6. The van der Waals surface area contributed by atoms with E-state index in [0.29, 0.717) is 18.5 Å². The van der Waals surface area contributed by atoms with Crippen LogP contribution < -0.4 is 4.72 Å². The smallest absolute Gasteiger partial charge is 0.243 e. The van der Waals surface area contributed by atoms with E-state index in [1.165, 1.54) is 0 Å². The maximum absolute atomic E-state index is 12.3. The lowest BCUT2D eigenvalue weighted by molar-refractivity contribution is -0.132. The number of amides is 1. The lowest BCUT2D eigenvalue weighted by Crippen LogP contribution is -2.25. The summed E-state index contributed by atoms with van der Waals surface area (Å²) in [5, 5.41) is 8.10. The number of sulfonamides is 1. The van der Waals surface area contributed by atoms with Crippen molar-refractivity contribution >= 4 is 38.7 Å². The van der Waals surface area contributed by atoms with E-state index in [0.717, 1.165) is 16.2 Å². The van der Waals surface area contributed by atoms with Crippen molar-refractivity contribution in [1.29, 1.82) is 0 Å². The molecule has 0 radical (unpaired) electrons. The average Bonchev–Trinajstić information content (AvgIpc) is 3.30. The van der Waals surface area contributed by atoms with Crippen molar-refractivity contribution < 1.29 is 13.2 Å². The van der Waals surface area contributed by atoms with Gasteiger partial charge in [0.05, 0.1) is 17.5 Å². The predicted octanol–water partition coefficient (Wildman–Crippen LogP) is 3.60. The SMILES string of the molecule is CCC(=O)N1N=C(c2cccc(NS(=O)(=O)CC)c2)CC1c1cccs1. The molecule has 0 saturated heterocycles. The van der Waals surface area contributed by atoms with E-state index in [4.69, 9.17) is 0 Å². The van der Waals surface area contributed by atoms with Gasteiger partial charge in [0.1, 0.15) is 0 Å². The number of hydrogen-bond acceptors (Lipinski definition) is 5. The molecule has 138 valence electrons. The first-order valence-electron chi connectivity index (χ1n) is 8.47. The van der Waals surface area contributed by atoms with E-state index in [1.807, 2.05) is 30.5 Å². The van der Waals surface area contributed by atoms with Crippen LogP contribution in [0.5, 0.6) is 0 Å². The molecule has 1 unspecified atom stereocenters. The van der Waals surface area contributed by atoms with Crippen LogP contribution >= 0.6 is 11.3 Å². The summed E-state index contributed by atoms with van der Waals surface area (Å²) in [6.07, 6.45) is 0.991. The van der Waals surface area contributed by atoms with Gasteiger partial charge in [0.25, 0.3) is 0 Å². The largest absolute Gasteiger partial charge is 0.284 e. The van der Waals surface area contributed by atoms with Crippen LogP contribution in [0.1, 0.15) is 43.2 Å². The van der Waals surface area contributed by atoms with E-state index in [2.05, 4.69) is 9.82 Å². The first-order chi connectivity index (χ1) is 12.4. The minimum atomic E-state index is -3.34. The summed E-state index contributed by atoms with van der Waals surface area (Å²) in [7, 11) is -3.34. The van der Waals surface area contributed by atoms with Gasteiger partial charge >= 0.3 is 0 Å². The van der Waals surface area contributed by atoms with Crippen molar-refractivity contribution in [3.05, 3.63) is 52.2 Å². The minimum absolute atomic E-state index is 0.0113. The van der Waals surface area contributed by atoms with Crippen molar-refractivity contribution in [2.75, 3.05) is 10.5 Å². The Morgan fingerprint density at radius 1 is 1.31 bits per heavy atom. The summed E-state index contributed by atoms with van der Waals surface area (Å²) >= 11 is 1.60. The predicted molar refractivity (Wildman–Crippen MR) is 105 cm³/mol. The van der Waals surface area contributed by atoms with E-state index >= 15 is 0 Å². The van der Waals surface area contributed by atoms with Crippen LogP contribution in [0.3, 0.4) is 0 Å². The van der Waals surface area contributed by atoms with E-state index in [-0.39, 0.29) is 17.7 Å². The van der Waals surface area contributed by atoms with E-state index in [1.54, 1.807) is 41.5 Å². The highest BCUT2D eigenvalue weighted by Crippen LogP contribution is 2.35. The van der Waals surface area contributed by atoms with Crippen molar-refractivity contribution in [3.8, 4) is 0 Å². The topological polar surface area (TPSA) is 78.8 Å². The van der Waals surface area contributed by atoms with E-state index in [9.17, 15) is 13.2 Å². The highest BCUT2D eigenvalue weighted by atomic mass is 32.2. The Kier molecular flexibility index (Phi) is 5.43. The second-order valence-electron chi connectivity index (χ2n) is 5.96. The van der Waals surface area contributed by atoms with Crippen LogP contribution in [0.15, 0.2) is 46.9 Å². The fourth-order valence-corrected chi connectivity index (χ4v) is 4.24. The first-order valence-corrected chi connectivity index (χ1v) is 11.0. The molecule has 1 aromatic heterocycles. The Bertz CT molecular complexity index is 921. The molecule has 2 aromatic rings. The third kappa shape index (κ3) is 3.96. The summed E-state index contributed by atoms with van der Waals surface area (Å²) in [5.41, 5.74) is 2.09. The van der Waals surface area contributed by atoms with Gasteiger partial charge in [-0.05, 0) is 36.1 Å². The van der Waals surface area contributed by atoms with E-state index < -0.39 is 10.0 Å². The normalized spacial score (nSPS) is 17.2. The van der Waals surface area contributed by atoms with Crippen molar-refractivity contribution in [1.82, 2.24) is 5.01 Å². The maximum Gasteiger partial charge on any atom is 0.243 e. The Morgan fingerprint density at radius 3 is 2.77 bits per heavy atom. The number of carbonyl (C=O) groups excluding carboxylic acids is 1. The lowest BCUT2D eigenvalue weighted by Gasteiger charge is -2.19. The molecule has 6 nitrogen and oxygen atoms in total. The summed E-state index contributed by atoms with van der Waals surface area (Å²) in [5.74, 6) is -0.0153. The molecule has 1 aliphatic heterocycles. The quantitative estimate of drug-likeness (QED) is 0.817. The third-order valence-corrected chi connectivity index (χ3v) is 6.47. The molecule has 2 heterocycles. The van der Waals surface area contributed by atoms with Crippen LogP contribution in [0.25, 0.3) is 0 Å². The highest BCUT2D eigenvalue weighted by molar-refractivity contribution is 7.92. The molecular weight excluding hydrogens is 370 g/mol. The molecule has 0 fully saturated rings. The number of nitrogens with zero attached hydrogens (tertiary/aromatic N) is 2. The second kappa shape index (κ2) is 7.59. The Labute approximate surface area is 157 Å². The molecule has 3 rings (SSSR count). The Hall–Kier alpha value is -2.19. The van der Waals surface area contributed by atoms with Gasteiger partial charge in [-0.2, -0.15) is 5.10 Å². The molecule has 1 N–H and O–H groups in total. The van der Waals surface area contributed by atoms with Gasteiger partial charge in [-0.15, -0.1) is 11.3 Å². The Balaban J connectivity index is 1.90. The number of thiophene rings is 1. The molecule has 0 spiro atoms. The number of nitrogens with one attached hydrogen (secondary N) is 1. The van der Waals surface area contributed by atoms with Crippen molar-refractivity contribution in [2.45, 2.75) is 32.7 Å². The van der Waals surface area contributed by atoms with Crippen LogP contribution in [-0.2, 0) is 14.8 Å². The molecule has 0 bridgehead atoms. The number of anilines is 1. The standard InChI is InChI=1S/C18H21N3O3S2/c1-3-18(22)21-16(17-9-6-10-25-17)12-15(19-21)13-7-5-8-14(11-13)20-26(23,24)4-2/h5-11,16,20H,3-4,12H2,1-2H3. The number of carbonyl (C=O) groups is 1. The molecule has 1 amide bonds. The highest BCUT2D eigenvalue weighted by Gasteiger charge is 2.32. The minimum Gasteiger partial charge on any atom is -0.284 e. The van der Waals surface area contributed by atoms with Gasteiger partial charge in [0, 0.05) is 23.4 Å². The lowest BCUT2D eigenvalue weighted by atomic mass is 10.0. The fraction of sp³-hybridized carbons (Fsp3) is 0.333. The van der Waals surface area contributed by atoms with Crippen LogP contribution in [0.2, 0.25) is 0 Å². The van der Waals surface area contributed by atoms with Gasteiger partial charge in [0.2, 0.25) is 15.9 Å².